The fourth-order valence-corrected chi connectivity index (χ4v) is 2.66. The fourth-order valence-electron chi connectivity index (χ4n) is 2.66. The van der Waals surface area contributed by atoms with Gasteiger partial charge in [0.1, 0.15) is 6.61 Å². The van der Waals surface area contributed by atoms with Gasteiger partial charge in [0.25, 0.3) is 0 Å². The van der Waals surface area contributed by atoms with Gasteiger partial charge >= 0.3 is 5.97 Å². The van der Waals surface area contributed by atoms with Crippen LogP contribution in [0.25, 0.3) is 0 Å². The van der Waals surface area contributed by atoms with Crippen molar-refractivity contribution in [2.24, 2.45) is 5.92 Å². The molecule has 0 saturated carbocycles. The van der Waals surface area contributed by atoms with E-state index in [9.17, 15) is 4.79 Å². The number of benzene rings is 1. The van der Waals surface area contributed by atoms with Crippen molar-refractivity contribution in [3.05, 3.63) is 35.9 Å². The van der Waals surface area contributed by atoms with Crippen LogP contribution in [0.5, 0.6) is 0 Å². The maximum Gasteiger partial charge on any atom is 0.306 e. The zero-order valence-corrected chi connectivity index (χ0v) is 13.6. The smallest absolute Gasteiger partial charge is 0.306 e. The third-order valence-electron chi connectivity index (χ3n) is 3.91. The molecule has 21 heavy (non-hydrogen) atoms. The van der Waals surface area contributed by atoms with Crippen molar-refractivity contribution in [3.8, 4) is 0 Å². The molecule has 0 aliphatic rings. The summed E-state index contributed by atoms with van der Waals surface area (Å²) >= 11 is 0. The largest absolute Gasteiger partial charge is 0.461 e. The molecule has 0 fully saturated rings. The lowest BCUT2D eigenvalue weighted by molar-refractivity contribution is -0.145. The summed E-state index contributed by atoms with van der Waals surface area (Å²) in [6.45, 7) is 4.85. The van der Waals surface area contributed by atoms with Crippen LogP contribution in [0.2, 0.25) is 0 Å². The van der Waals surface area contributed by atoms with E-state index in [0.717, 1.165) is 12.0 Å². The van der Waals surface area contributed by atoms with Gasteiger partial charge in [-0.25, -0.2) is 0 Å². The van der Waals surface area contributed by atoms with E-state index < -0.39 is 0 Å². The normalized spacial score (nSPS) is 12.1. The lowest BCUT2D eigenvalue weighted by Gasteiger charge is -2.15. The summed E-state index contributed by atoms with van der Waals surface area (Å²) in [6.07, 6.45) is 9.09. The maximum absolute atomic E-state index is 11.8. The van der Waals surface area contributed by atoms with E-state index in [1.165, 1.54) is 38.5 Å². The second-order valence-corrected chi connectivity index (χ2v) is 5.84. The fraction of sp³-hybridized carbons (Fsp3) is 0.632. The molecular weight excluding hydrogens is 260 g/mol. The van der Waals surface area contributed by atoms with Crippen LogP contribution >= 0.6 is 0 Å². The van der Waals surface area contributed by atoms with E-state index in [1.807, 2.05) is 30.3 Å². The summed E-state index contributed by atoms with van der Waals surface area (Å²) in [6, 6.07) is 9.87. The molecule has 1 aromatic carbocycles. The highest BCUT2D eigenvalue weighted by atomic mass is 16.5. The Balaban J connectivity index is 2.22. The van der Waals surface area contributed by atoms with Crippen LogP contribution in [-0.2, 0) is 16.1 Å². The lowest BCUT2D eigenvalue weighted by atomic mass is 9.92. The Morgan fingerprint density at radius 1 is 1.00 bits per heavy atom. The number of esters is 1. The van der Waals surface area contributed by atoms with Crippen LogP contribution in [0.15, 0.2) is 30.3 Å². The van der Waals surface area contributed by atoms with Gasteiger partial charge in [-0.05, 0) is 17.9 Å². The minimum atomic E-state index is -0.0598. The number of carbonyl (C=O) groups excluding carboxylic acids is 1. The van der Waals surface area contributed by atoms with Crippen LogP contribution in [-0.4, -0.2) is 5.97 Å². The summed E-state index contributed by atoms with van der Waals surface area (Å²) < 4.78 is 5.34. The van der Waals surface area contributed by atoms with E-state index >= 15 is 0 Å². The molecule has 1 unspecified atom stereocenters. The minimum Gasteiger partial charge on any atom is -0.461 e. The topological polar surface area (TPSA) is 26.3 Å². The zero-order chi connectivity index (χ0) is 15.3. The molecule has 1 aromatic rings. The number of hydrogen-bond donors (Lipinski definition) is 0. The van der Waals surface area contributed by atoms with Crippen molar-refractivity contribution in [3.63, 3.8) is 0 Å². The first-order chi connectivity index (χ1) is 10.3. The number of ether oxygens (including phenoxy) is 1. The van der Waals surface area contributed by atoms with Crippen molar-refractivity contribution in [1.82, 2.24) is 0 Å². The first-order valence-corrected chi connectivity index (χ1v) is 8.45. The Kier molecular flexibility index (Phi) is 9.60. The molecule has 0 radical (unpaired) electrons. The SMILES string of the molecule is CCCCCC(CCC)CCC(=O)OCc1ccccc1. The molecule has 0 aromatic heterocycles. The number of rotatable bonds is 11. The molecule has 0 heterocycles. The van der Waals surface area contributed by atoms with Crippen LogP contribution < -0.4 is 0 Å². The van der Waals surface area contributed by atoms with Gasteiger partial charge in [-0.1, -0.05) is 82.7 Å². The van der Waals surface area contributed by atoms with Crippen LogP contribution in [0.4, 0.5) is 0 Å². The van der Waals surface area contributed by atoms with Crippen LogP contribution in [0, 0.1) is 5.92 Å². The van der Waals surface area contributed by atoms with Gasteiger partial charge in [-0.2, -0.15) is 0 Å². The van der Waals surface area contributed by atoms with E-state index in [0.29, 0.717) is 18.9 Å². The molecule has 0 bridgehead atoms. The van der Waals surface area contributed by atoms with Gasteiger partial charge in [-0.3, -0.25) is 4.79 Å². The maximum atomic E-state index is 11.8. The van der Waals surface area contributed by atoms with Crippen molar-refractivity contribution in [1.29, 1.82) is 0 Å². The molecule has 2 nitrogen and oxygen atoms in total. The third-order valence-corrected chi connectivity index (χ3v) is 3.91. The average molecular weight is 290 g/mol. The molecule has 0 saturated heterocycles. The lowest BCUT2D eigenvalue weighted by Crippen LogP contribution is -2.08. The quantitative estimate of drug-likeness (QED) is 0.397. The van der Waals surface area contributed by atoms with E-state index in [4.69, 9.17) is 4.74 Å². The van der Waals surface area contributed by atoms with Gasteiger partial charge in [0.15, 0.2) is 0 Å². The Morgan fingerprint density at radius 3 is 2.43 bits per heavy atom. The van der Waals surface area contributed by atoms with Gasteiger partial charge in [-0.15, -0.1) is 0 Å². The van der Waals surface area contributed by atoms with Gasteiger partial charge in [0.05, 0.1) is 0 Å². The second kappa shape index (κ2) is 11.4. The highest BCUT2D eigenvalue weighted by Crippen LogP contribution is 2.21. The van der Waals surface area contributed by atoms with E-state index in [1.54, 1.807) is 0 Å². The van der Waals surface area contributed by atoms with Crippen molar-refractivity contribution >= 4 is 5.97 Å². The first kappa shape index (κ1) is 17.7. The van der Waals surface area contributed by atoms with Gasteiger partial charge in [0, 0.05) is 6.42 Å². The molecule has 0 aliphatic heterocycles. The molecular formula is C19H30O2. The summed E-state index contributed by atoms with van der Waals surface area (Å²) in [5, 5.41) is 0. The zero-order valence-electron chi connectivity index (χ0n) is 13.6. The molecule has 1 atom stereocenters. The van der Waals surface area contributed by atoms with Gasteiger partial charge in [0.2, 0.25) is 0 Å². The van der Waals surface area contributed by atoms with Crippen molar-refractivity contribution in [2.75, 3.05) is 0 Å². The third kappa shape index (κ3) is 8.54. The molecule has 0 aliphatic carbocycles. The summed E-state index contributed by atoms with van der Waals surface area (Å²) in [7, 11) is 0. The summed E-state index contributed by atoms with van der Waals surface area (Å²) in [5.41, 5.74) is 1.05. The molecule has 118 valence electrons. The molecule has 1 rings (SSSR count). The average Bonchev–Trinajstić information content (AvgIpc) is 2.52. The molecule has 0 amide bonds. The van der Waals surface area contributed by atoms with Crippen LogP contribution in [0.3, 0.4) is 0 Å². The predicted octanol–water partition coefficient (Wildman–Crippen LogP) is 5.51. The predicted molar refractivity (Wildman–Crippen MR) is 88.0 cm³/mol. The Labute approximate surface area is 129 Å². The number of hydrogen-bond acceptors (Lipinski definition) is 2. The highest BCUT2D eigenvalue weighted by Gasteiger charge is 2.11. The Morgan fingerprint density at radius 2 is 1.76 bits per heavy atom. The molecule has 0 N–H and O–H groups in total. The van der Waals surface area contributed by atoms with Crippen LogP contribution in [0.1, 0.15) is 70.8 Å². The molecule has 0 spiro atoms. The van der Waals surface area contributed by atoms with E-state index in [-0.39, 0.29) is 5.97 Å². The highest BCUT2D eigenvalue weighted by molar-refractivity contribution is 5.69. The van der Waals surface area contributed by atoms with Crippen molar-refractivity contribution in [2.45, 2.75) is 71.8 Å². The summed E-state index contributed by atoms with van der Waals surface area (Å²) in [4.78, 5) is 11.8. The van der Waals surface area contributed by atoms with Crippen molar-refractivity contribution < 1.29 is 9.53 Å². The monoisotopic (exact) mass is 290 g/mol. The van der Waals surface area contributed by atoms with E-state index in [2.05, 4.69) is 13.8 Å². The Bertz CT molecular complexity index is 372. The minimum absolute atomic E-state index is 0.0598. The number of carbonyl (C=O) groups is 1. The number of unbranched alkanes of at least 4 members (excludes halogenated alkanes) is 2. The second-order valence-electron chi connectivity index (χ2n) is 5.84. The Hall–Kier alpha value is -1.31. The first-order valence-electron chi connectivity index (χ1n) is 8.45. The summed E-state index contributed by atoms with van der Waals surface area (Å²) in [5.74, 6) is 0.626. The molecule has 2 heteroatoms. The van der Waals surface area contributed by atoms with Gasteiger partial charge < -0.3 is 4.74 Å². The standard InChI is InChI=1S/C19H30O2/c1-3-5-7-11-17(10-4-2)14-15-19(20)21-16-18-12-8-6-9-13-18/h6,8-9,12-13,17H,3-5,7,10-11,14-16H2,1-2H3.